The zero-order valence-electron chi connectivity index (χ0n) is 14.7. The van der Waals surface area contributed by atoms with E-state index in [0.717, 1.165) is 0 Å². The van der Waals surface area contributed by atoms with Gasteiger partial charge in [0.15, 0.2) is 0 Å². The summed E-state index contributed by atoms with van der Waals surface area (Å²) in [6.07, 6.45) is 2.04. The molecule has 2 atom stereocenters. The Morgan fingerprint density at radius 2 is 1.92 bits per heavy atom. The quantitative estimate of drug-likeness (QED) is 0.433. The third-order valence-corrected chi connectivity index (χ3v) is 3.74. The van der Waals surface area contributed by atoms with Gasteiger partial charge in [0, 0.05) is 25.5 Å². The van der Waals surface area contributed by atoms with Crippen LogP contribution in [0.2, 0.25) is 0 Å². The second kappa shape index (κ2) is 11.2. The predicted molar refractivity (Wildman–Crippen MR) is 87.0 cm³/mol. The van der Waals surface area contributed by atoms with E-state index >= 15 is 0 Å². The molecule has 1 N–H and O–H groups in total. The van der Waals surface area contributed by atoms with E-state index in [1.165, 1.54) is 6.92 Å². The second-order valence-corrected chi connectivity index (χ2v) is 5.84. The number of hydrogen-bond donors (Lipinski definition) is 1. The van der Waals surface area contributed by atoms with Crippen molar-refractivity contribution in [2.24, 2.45) is 11.8 Å². The van der Waals surface area contributed by atoms with E-state index in [1.54, 1.807) is 0 Å². The zero-order chi connectivity index (χ0) is 19.5. The number of carbonyl (C=O) groups is 4. The van der Waals surface area contributed by atoms with Gasteiger partial charge in [-0.3, -0.25) is 14.4 Å². The molecule has 0 aromatic rings. The predicted octanol–water partition coefficient (Wildman–Crippen LogP) is 0.710. The Labute approximate surface area is 151 Å². The minimum Gasteiger partial charge on any atom is -0.481 e. The summed E-state index contributed by atoms with van der Waals surface area (Å²) in [7, 11) is 0. The van der Waals surface area contributed by atoms with E-state index in [9.17, 15) is 19.2 Å². The number of carboxylic acids is 1. The Morgan fingerprint density at radius 3 is 2.23 bits per heavy atom. The van der Waals surface area contributed by atoms with Gasteiger partial charge in [0.2, 0.25) is 0 Å². The highest BCUT2D eigenvalue weighted by atomic mass is 16.6. The molecule has 2 unspecified atom stereocenters. The number of cyclic esters (lactones) is 2. The largest absolute Gasteiger partial charge is 0.481 e. The average Bonchev–Trinajstić information content (AvgIpc) is 3.31. The van der Waals surface area contributed by atoms with Crippen molar-refractivity contribution in [3.8, 4) is 0 Å². The molecule has 146 valence electrons. The average molecular weight is 372 g/mol. The van der Waals surface area contributed by atoms with E-state index in [-0.39, 0.29) is 36.4 Å². The standard InChI is InChI=1S/C7H10O4.C5H8O3.C5H6O2/c1-5(8)11-4-6-2-3-10-7(6)9;6-5(7)4-1-2-8-3-4;1-4-2-3-7-5(4)6/h6H,2-4H2,1H3;4H,1-3H2,(H,6,7);1-3H2. The van der Waals surface area contributed by atoms with Gasteiger partial charge in [0.25, 0.3) is 0 Å². The van der Waals surface area contributed by atoms with Gasteiger partial charge in [-0.25, -0.2) is 4.79 Å². The van der Waals surface area contributed by atoms with Crippen LogP contribution in [-0.4, -0.2) is 62.0 Å². The first-order valence-corrected chi connectivity index (χ1v) is 8.26. The molecule has 0 radical (unpaired) electrons. The third-order valence-electron chi connectivity index (χ3n) is 3.74. The summed E-state index contributed by atoms with van der Waals surface area (Å²) in [5.41, 5.74) is 0.597. The second-order valence-electron chi connectivity index (χ2n) is 5.84. The highest BCUT2D eigenvalue weighted by Gasteiger charge is 2.27. The van der Waals surface area contributed by atoms with Gasteiger partial charge in [-0.1, -0.05) is 6.58 Å². The van der Waals surface area contributed by atoms with Gasteiger partial charge in [0.1, 0.15) is 6.61 Å². The Bertz CT molecular complexity index is 520. The third kappa shape index (κ3) is 8.11. The lowest BCUT2D eigenvalue weighted by atomic mass is 10.1. The Balaban J connectivity index is 0.000000201. The smallest absolute Gasteiger partial charge is 0.333 e. The number of hydrogen-bond acceptors (Lipinski definition) is 8. The maximum atomic E-state index is 10.8. The van der Waals surface area contributed by atoms with Gasteiger partial charge in [-0.05, 0) is 12.8 Å². The summed E-state index contributed by atoms with van der Waals surface area (Å²) < 4.78 is 18.7. The van der Waals surface area contributed by atoms with E-state index in [1.807, 2.05) is 0 Å². The molecule has 0 spiro atoms. The Hall–Kier alpha value is -2.42. The molecule has 0 aliphatic carbocycles. The molecule has 3 heterocycles. The maximum Gasteiger partial charge on any atom is 0.333 e. The van der Waals surface area contributed by atoms with E-state index < -0.39 is 5.97 Å². The molecule has 9 heteroatoms. The van der Waals surface area contributed by atoms with Crippen LogP contribution in [0.25, 0.3) is 0 Å². The number of carboxylic acid groups (broad SMARTS) is 1. The van der Waals surface area contributed by atoms with Crippen molar-refractivity contribution in [2.45, 2.75) is 26.2 Å². The molecule has 3 rings (SSSR count). The molecular weight excluding hydrogens is 348 g/mol. The first-order chi connectivity index (χ1) is 12.3. The van der Waals surface area contributed by atoms with Gasteiger partial charge in [-0.15, -0.1) is 0 Å². The van der Waals surface area contributed by atoms with Gasteiger partial charge < -0.3 is 24.1 Å². The Morgan fingerprint density at radius 1 is 1.19 bits per heavy atom. The van der Waals surface area contributed by atoms with Crippen LogP contribution in [0, 0.1) is 11.8 Å². The summed E-state index contributed by atoms with van der Waals surface area (Å²) in [4.78, 5) is 41.5. The van der Waals surface area contributed by atoms with Crippen LogP contribution >= 0.6 is 0 Å². The van der Waals surface area contributed by atoms with Crippen LogP contribution in [0.1, 0.15) is 26.2 Å². The van der Waals surface area contributed by atoms with Crippen molar-refractivity contribution >= 4 is 23.9 Å². The summed E-state index contributed by atoms with van der Waals surface area (Å²) in [6.45, 7) is 6.92. The lowest BCUT2D eigenvalue weighted by Crippen LogP contribution is -2.16. The zero-order valence-corrected chi connectivity index (χ0v) is 14.7. The molecular formula is C17H24O9. The van der Waals surface area contributed by atoms with Crippen LogP contribution in [0.5, 0.6) is 0 Å². The number of ether oxygens (including phenoxy) is 4. The lowest BCUT2D eigenvalue weighted by molar-refractivity contribution is -0.148. The van der Waals surface area contributed by atoms with Crippen LogP contribution < -0.4 is 0 Å². The molecule has 26 heavy (non-hydrogen) atoms. The van der Waals surface area contributed by atoms with Gasteiger partial charge in [0.05, 0.1) is 31.7 Å². The molecule has 0 amide bonds. The topological polar surface area (TPSA) is 125 Å². The molecule has 0 aromatic heterocycles. The first-order valence-electron chi connectivity index (χ1n) is 8.26. The maximum absolute atomic E-state index is 10.8. The van der Waals surface area contributed by atoms with Crippen LogP contribution in [0.4, 0.5) is 0 Å². The SMILES string of the molecule is C=C1CCOC1=O.CC(=O)OCC1CCOC1=O.O=C(O)C1CCOC1. The van der Waals surface area contributed by atoms with Crippen molar-refractivity contribution in [3.05, 3.63) is 12.2 Å². The summed E-state index contributed by atoms with van der Waals surface area (Å²) in [5, 5.41) is 8.33. The van der Waals surface area contributed by atoms with Crippen LogP contribution in [0.15, 0.2) is 12.2 Å². The number of carbonyl (C=O) groups excluding carboxylic acids is 3. The fourth-order valence-electron chi connectivity index (χ4n) is 2.11. The highest BCUT2D eigenvalue weighted by molar-refractivity contribution is 5.89. The normalized spacial score (nSPS) is 23.8. The highest BCUT2D eigenvalue weighted by Crippen LogP contribution is 2.14. The van der Waals surface area contributed by atoms with Crippen molar-refractivity contribution in [3.63, 3.8) is 0 Å². The molecule has 3 fully saturated rings. The number of esters is 3. The molecule has 0 aromatic carbocycles. The van der Waals surface area contributed by atoms with Crippen LogP contribution in [-0.2, 0) is 38.1 Å². The van der Waals surface area contributed by atoms with E-state index in [0.29, 0.717) is 51.3 Å². The number of rotatable bonds is 3. The summed E-state index contributed by atoms with van der Waals surface area (Å²) in [5.74, 6) is -2.06. The van der Waals surface area contributed by atoms with Crippen LogP contribution in [0.3, 0.4) is 0 Å². The van der Waals surface area contributed by atoms with E-state index in [2.05, 4.69) is 20.8 Å². The van der Waals surface area contributed by atoms with Crippen molar-refractivity contribution in [1.82, 2.24) is 0 Å². The minimum absolute atomic E-state index is 0.161. The molecule has 0 saturated carbocycles. The monoisotopic (exact) mass is 372 g/mol. The molecule has 3 saturated heterocycles. The number of aliphatic carboxylic acids is 1. The molecule has 3 aliphatic rings. The van der Waals surface area contributed by atoms with Crippen molar-refractivity contribution in [1.29, 1.82) is 0 Å². The summed E-state index contributed by atoms with van der Waals surface area (Å²) in [6, 6.07) is 0. The van der Waals surface area contributed by atoms with Gasteiger partial charge >= 0.3 is 23.9 Å². The molecule has 3 aliphatic heterocycles. The van der Waals surface area contributed by atoms with Crippen molar-refractivity contribution < 1.29 is 43.2 Å². The van der Waals surface area contributed by atoms with Gasteiger partial charge in [-0.2, -0.15) is 0 Å². The molecule has 0 bridgehead atoms. The molecule has 9 nitrogen and oxygen atoms in total. The fourth-order valence-corrected chi connectivity index (χ4v) is 2.11. The lowest BCUT2D eigenvalue weighted by Gasteiger charge is -2.03. The van der Waals surface area contributed by atoms with E-state index in [4.69, 9.17) is 9.84 Å². The van der Waals surface area contributed by atoms with Crippen molar-refractivity contribution in [2.75, 3.05) is 33.0 Å². The first kappa shape index (κ1) is 21.6. The Kier molecular flexibility index (Phi) is 9.35. The minimum atomic E-state index is -0.734. The summed E-state index contributed by atoms with van der Waals surface area (Å²) >= 11 is 0. The fraction of sp³-hybridized carbons (Fsp3) is 0.647.